The predicted molar refractivity (Wildman–Crippen MR) is 71.1 cm³/mol. The molecule has 0 saturated heterocycles. The van der Waals surface area contributed by atoms with E-state index in [0.717, 1.165) is 5.56 Å². The lowest BCUT2D eigenvalue weighted by Gasteiger charge is -2.11. The Balaban J connectivity index is 2.52. The van der Waals surface area contributed by atoms with Gasteiger partial charge in [-0.3, -0.25) is 0 Å². The number of methoxy groups -OCH3 is 1. The van der Waals surface area contributed by atoms with E-state index in [1.807, 2.05) is 0 Å². The minimum Gasteiger partial charge on any atom is -0.497 e. The molecule has 0 aliphatic rings. The molecule has 0 aliphatic heterocycles. The fourth-order valence-corrected chi connectivity index (χ4v) is 2.32. The van der Waals surface area contributed by atoms with E-state index in [1.54, 1.807) is 49.6 Å². The Hall–Kier alpha value is -1.42. The zero-order chi connectivity index (χ0) is 13.1. The van der Waals surface area contributed by atoms with Crippen LogP contribution < -0.4 is 4.74 Å². The van der Waals surface area contributed by atoms with E-state index in [2.05, 4.69) is 15.9 Å². The minimum atomic E-state index is -2.52. The van der Waals surface area contributed by atoms with Gasteiger partial charge < -0.3 is 4.74 Å². The Morgan fingerprint density at radius 1 is 1.06 bits per heavy atom. The third-order valence-corrected chi connectivity index (χ3v) is 3.36. The van der Waals surface area contributed by atoms with Gasteiger partial charge in [-0.15, -0.1) is 0 Å². The van der Waals surface area contributed by atoms with E-state index in [-0.39, 0.29) is 5.56 Å². The van der Waals surface area contributed by atoms with E-state index in [1.165, 1.54) is 0 Å². The van der Waals surface area contributed by atoms with E-state index in [0.29, 0.717) is 15.8 Å². The Morgan fingerprint density at radius 2 is 1.72 bits per heavy atom. The van der Waals surface area contributed by atoms with Crippen LogP contribution in [0.1, 0.15) is 12.0 Å². The maximum atomic E-state index is 13.1. The van der Waals surface area contributed by atoms with Crippen LogP contribution in [0.2, 0.25) is 0 Å². The standard InChI is InChI=1S/C14H11BrF2O/c1-18-10-7-5-9(6-8-10)11-3-2-4-12(15)13(11)14(16)17/h2-8,14H,1H3. The molecule has 2 rings (SSSR count). The monoisotopic (exact) mass is 312 g/mol. The molecule has 18 heavy (non-hydrogen) atoms. The van der Waals surface area contributed by atoms with Crippen molar-refractivity contribution in [1.82, 2.24) is 0 Å². The van der Waals surface area contributed by atoms with Crippen LogP contribution in [-0.2, 0) is 0 Å². The summed E-state index contributed by atoms with van der Waals surface area (Å²) in [6.07, 6.45) is -2.52. The van der Waals surface area contributed by atoms with Crippen molar-refractivity contribution in [2.24, 2.45) is 0 Å². The predicted octanol–water partition coefficient (Wildman–Crippen LogP) is 5.06. The Morgan fingerprint density at radius 3 is 2.28 bits per heavy atom. The van der Waals surface area contributed by atoms with Gasteiger partial charge in [-0.2, -0.15) is 0 Å². The van der Waals surface area contributed by atoms with Gasteiger partial charge in [0, 0.05) is 10.0 Å². The van der Waals surface area contributed by atoms with Gasteiger partial charge >= 0.3 is 0 Å². The highest BCUT2D eigenvalue weighted by atomic mass is 79.9. The second-order valence-corrected chi connectivity index (χ2v) is 4.58. The highest BCUT2D eigenvalue weighted by molar-refractivity contribution is 9.10. The van der Waals surface area contributed by atoms with Crippen LogP contribution in [0.15, 0.2) is 46.9 Å². The molecule has 0 aromatic heterocycles. The highest BCUT2D eigenvalue weighted by Crippen LogP contribution is 2.36. The molecule has 0 heterocycles. The first-order chi connectivity index (χ1) is 8.63. The summed E-state index contributed by atoms with van der Waals surface area (Å²) in [6, 6.07) is 12.1. The number of rotatable bonds is 3. The third kappa shape index (κ3) is 2.53. The molecule has 0 atom stereocenters. The van der Waals surface area contributed by atoms with Gasteiger partial charge in [-0.1, -0.05) is 40.2 Å². The number of hydrogen-bond acceptors (Lipinski definition) is 1. The number of alkyl halides is 2. The van der Waals surface area contributed by atoms with Crippen LogP contribution in [0.3, 0.4) is 0 Å². The summed E-state index contributed by atoms with van der Waals surface area (Å²) in [5.41, 5.74) is 1.29. The smallest absolute Gasteiger partial charge is 0.265 e. The lowest BCUT2D eigenvalue weighted by molar-refractivity contribution is 0.151. The normalized spacial score (nSPS) is 10.7. The Labute approximate surface area is 113 Å². The quantitative estimate of drug-likeness (QED) is 0.769. The molecular weight excluding hydrogens is 302 g/mol. The second-order valence-electron chi connectivity index (χ2n) is 3.73. The van der Waals surface area contributed by atoms with Crippen LogP contribution in [-0.4, -0.2) is 7.11 Å². The van der Waals surface area contributed by atoms with Crippen molar-refractivity contribution in [3.05, 3.63) is 52.5 Å². The first-order valence-electron chi connectivity index (χ1n) is 5.34. The second kappa shape index (κ2) is 5.48. The van der Waals surface area contributed by atoms with Crippen molar-refractivity contribution in [3.63, 3.8) is 0 Å². The molecule has 2 aromatic carbocycles. The van der Waals surface area contributed by atoms with E-state index in [9.17, 15) is 8.78 Å². The molecule has 2 aromatic rings. The fourth-order valence-electron chi connectivity index (χ4n) is 1.78. The van der Waals surface area contributed by atoms with E-state index in [4.69, 9.17) is 4.74 Å². The molecule has 0 spiro atoms. The van der Waals surface area contributed by atoms with E-state index < -0.39 is 6.43 Å². The van der Waals surface area contributed by atoms with Gasteiger partial charge in [0.2, 0.25) is 0 Å². The zero-order valence-electron chi connectivity index (χ0n) is 9.66. The summed E-state index contributed by atoms with van der Waals surface area (Å²) in [5, 5.41) is 0. The minimum absolute atomic E-state index is 0.0164. The number of ether oxygens (including phenoxy) is 1. The molecule has 94 valence electrons. The van der Waals surface area contributed by atoms with Crippen LogP contribution in [0.4, 0.5) is 8.78 Å². The van der Waals surface area contributed by atoms with Crippen molar-refractivity contribution in [2.75, 3.05) is 7.11 Å². The lowest BCUT2D eigenvalue weighted by atomic mass is 10.00. The molecule has 0 unspecified atom stereocenters. The SMILES string of the molecule is COc1ccc(-c2cccc(Br)c2C(F)F)cc1. The zero-order valence-corrected chi connectivity index (χ0v) is 11.2. The van der Waals surface area contributed by atoms with Gasteiger partial charge in [-0.25, -0.2) is 8.78 Å². The number of benzene rings is 2. The maximum Gasteiger partial charge on any atom is 0.265 e. The molecule has 0 aliphatic carbocycles. The summed E-state index contributed by atoms with van der Waals surface area (Å²) in [6.45, 7) is 0. The van der Waals surface area contributed by atoms with Gasteiger partial charge in [0.05, 0.1) is 7.11 Å². The van der Waals surface area contributed by atoms with Gasteiger partial charge in [-0.05, 0) is 29.3 Å². The highest BCUT2D eigenvalue weighted by Gasteiger charge is 2.17. The van der Waals surface area contributed by atoms with Crippen LogP contribution in [0.5, 0.6) is 5.75 Å². The summed E-state index contributed by atoms with van der Waals surface area (Å²) < 4.78 is 31.6. The van der Waals surface area contributed by atoms with E-state index >= 15 is 0 Å². The largest absolute Gasteiger partial charge is 0.497 e. The fraction of sp³-hybridized carbons (Fsp3) is 0.143. The summed E-state index contributed by atoms with van der Waals surface area (Å²) >= 11 is 3.17. The van der Waals surface area contributed by atoms with Gasteiger partial charge in [0.25, 0.3) is 6.43 Å². The molecule has 4 heteroatoms. The molecule has 1 nitrogen and oxygen atoms in total. The van der Waals surface area contributed by atoms with Gasteiger partial charge in [0.1, 0.15) is 5.75 Å². The molecule has 0 N–H and O–H groups in total. The number of halogens is 3. The molecule has 0 amide bonds. The molecular formula is C14H11BrF2O. The topological polar surface area (TPSA) is 9.23 Å². The number of hydrogen-bond donors (Lipinski definition) is 0. The van der Waals surface area contributed by atoms with Crippen molar-refractivity contribution >= 4 is 15.9 Å². The molecule has 0 saturated carbocycles. The first kappa shape index (κ1) is 13.0. The van der Waals surface area contributed by atoms with Crippen LogP contribution in [0.25, 0.3) is 11.1 Å². The maximum absolute atomic E-state index is 13.1. The first-order valence-corrected chi connectivity index (χ1v) is 6.13. The lowest BCUT2D eigenvalue weighted by Crippen LogP contribution is -1.92. The van der Waals surface area contributed by atoms with Crippen molar-refractivity contribution < 1.29 is 13.5 Å². The van der Waals surface area contributed by atoms with Crippen LogP contribution >= 0.6 is 15.9 Å². The summed E-state index contributed by atoms with van der Waals surface area (Å²) in [4.78, 5) is 0. The van der Waals surface area contributed by atoms with Crippen molar-refractivity contribution in [2.45, 2.75) is 6.43 Å². The van der Waals surface area contributed by atoms with Gasteiger partial charge in [0.15, 0.2) is 0 Å². The average molecular weight is 313 g/mol. The average Bonchev–Trinajstić information content (AvgIpc) is 2.38. The molecule has 0 fully saturated rings. The summed E-state index contributed by atoms with van der Waals surface area (Å²) in [5.74, 6) is 0.701. The summed E-state index contributed by atoms with van der Waals surface area (Å²) in [7, 11) is 1.57. The molecule has 0 radical (unpaired) electrons. The van der Waals surface area contributed by atoms with Crippen molar-refractivity contribution in [1.29, 1.82) is 0 Å². The van der Waals surface area contributed by atoms with Crippen molar-refractivity contribution in [3.8, 4) is 16.9 Å². The molecule has 0 bridgehead atoms. The Kier molecular flexibility index (Phi) is 3.97. The van der Waals surface area contributed by atoms with Crippen LogP contribution in [0, 0.1) is 0 Å². The third-order valence-electron chi connectivity index (χ3n) is 2.67. The Bertz CT molecular complexity index is 538.